The summed E-state index contributed by atoms with van der Waals surface area (Å²) in [5.74, 6) is 0. The predicted molar refractivity (Wildman–Crippen MR) is 74.9 cm³/mol. The monoisotopic (exact) mass is 263 g/mol. The zero-order chi connectivity index (χ0) is 14.1. The van der Waals surface area contributed by atoms with Gasteiger partial charge in [0.05, 0.1) is 6.61 Å². The summed E-state index contributed by atoms with van der Waals surface area (Å²) < 4.78 is 0. The van der Waals surface area contributed by atoms with Crippen molar-refractivity contribution in [2.45, 2.75) is 13.3 Å². The molecule has 1 aromatic rings. The van der Waals surface area contributed by atoms with E-state index in [-0.39, 0.29) is 12.6 Å². The number of aliphatic hydroxyl groups is 1. The van der Waals surface area contributed by atoms with Gasteiger partial charge in [0, 0.05) is 32.0 Å². The number of amides is 2. The molecule has 5 heteroatoms. The summed E-state index contributed by atoms with van der Waals surface area (Å²) in [6.45, 7) is 6.84. The third kappa shape index (κ3) is 5.09. The molecule has 0 unspecified atom stereocenters. The number of rotatable bonds is 7. The van der Waals surface area contributed by atoms with Gasteiger partial charge in [-0.05, 0) is 30.5 Å². The molecule has 0 aliphatic rings. The number of hydrogen-bond acceptors (Lipinski definition) is 3. The molecule has 0 saturated heterocycles. The van der Waals surface area contributed by atoms with Crippen LogP contribution in [0.2, 0.25) is 0 Å². The fourth-order valence-electron chi connectivity index (χ4n) is 1.75. The molecule has 0 aliphatic heterocycles. The highest BCUT2D eigenvalue weighted by molar-refractivity contribution is 5.74. The van der Waals surface area contributed by atoms with E-state index in [0.717, 1.165) is 12.0 Å². The number of aromatic nitrogens is 1. The molecule has 1 aromatic heterocycles. The smallest absolute Gasteiger partial charge is 0.317 e. The first-order valence-electron chi connectivity index (χ1n) is 6.33. The molecule has 0 aromatic carbocycles. The fourth-order valence-corrected chi connectivity index (χ4v) is 1.75. The van der Waals surface area contributed by atoms with Gasteiger partial charge < -0.3 is 15.3 Å². The molecule has 1 heterocycles. The first kappa shape index (κ1) is 15.2. The maximum absolute atomic E-state index is 11.8. The van der Waals surface area contributed by atoms with Crippen molar-refractivity contribution in [3.8, 4) is 0 Å². The van der Waals surface area contributed by atoms with Gasteiger partial charge in [-0.1, -0.05) is 6.08 Å². The molecule has 0 saturated carbocycles. The molecule has 0 spiro atoms. The Morgan fingerprint density at radius 2 is 2.42 bits per heavy atom. The van der Waals surface area contributed by atoms with Gasteiger partial charge in [0.25, 0.3) is 0 Å². The lowest BCUT2D eigenvalue weighted by molar-refractivity contribution is 0.184. The Bertz CT molecular complexity index is 421. The standard InChI is InChI=1S/C14H21N3O2/c1-3-8-17(9-10-18)14(19)16-7-5-13-4-6-15-11-12(13)2/h3-4,6,11,18H,1,5,7-10H2,2H3,(H,16,19). The van der Waals surface area contributed by atoms with Crippen molar-refractivity contribution in [3.63, 3.8) is 0 Å². The van der Waals surface area contributed by atoms with Crippen LogP contribution in [0.15, 0.2) is 31.1 Å². The summed E-state index contributed by atoms with van der Waals surface area (Å²) in [6.07, 6.45) is 5.97. The normalized spacial score (nSPS) is 10.0. The minimum Gasteiger partial charge on any atom is -0.395 e. The summed E-state index contributed by atoms with van der Waals surface area (Å²) in [4.78, 5) is 17.4. The lowest BCUT2D eigenvalue weighted by Gasteiger charge is -2.20. The summed E-state index contributed by atoms with van der Waals surface area (Å²) in [5, 5.41) is 11.7. The average molecular weight is 263 g/mol. The van der Waals surface area contributed by atoms with Crippen LogP contribution in [0.4, 0.5) is 4.79 Å². The van der Waals surface area contributed by atoms with Crippen molar-refractivity contribution in [1.82, 2.24) is 15.2 Å². The second-order valence-corrected chi connectivity index (χ2v) is 4.24. The van der Waals surface area contributed by atoms with Gasteiger partial charge in [-0.3, -0.25) is 4.98 Å². The molecule has 19 heavy (non-hydrogen) atoms. The summed E-state index contributed by atoms with van der Waals surface area (Å²) in [5.41, 5.74) is 2.29. The lowest BCUT2D eigenvalue weighted by atomic mass is 10.1. The van der Waals surface area contributed by atoms with Gasteiger partial charge in [0.1, 0.15) is 0 Å². The molecule has 0 radical (unpaired) electrons. The van der Waals surface area contributed by atoms with Crippen LogP contribution in [0.25, 0.3) is 0 Å². The second kappa shape index (κ2) is 8.26. The van der Waals surface area contributed by atoms with E-state index in [4.69, 9.17) is 5.11 Å². The van der Waals surface area contributed by atoms with Crippen LogP contribution in [-0.2, 0) is 6.42 Å². The van der Waals surface area contributed by atoms with Gasteiger partial charge in [0.2, 0.25) is 0 Å². The maximum Gasteiger partial charge on any atom is 0.317 e. The topological polar surface area (TPSA) is 65.5 Å². The van der Waals surface area contributed by atoms with E-state index >= 15 is 0 Å². The van der Waals surface area contributed by atoms with Crippen LogP contribution in [0, 0.1) is 6.92 Å². The second-order valence-electron chi connectivity index (χ2n) is 4.24. The molecule has 0 bridgehead atoms. The van der Waals surface area contributed by atoms with Gasteiger partial charge in [0.15, 0.2) is 0 Å². The molecule has 104 valence electrons. The van der Waals surface area contributed by atoms with E-state index < -0.39 is 0 Å². The van der Waals surface area contributed by atoms with E-state index in [1.807, 2.05) is 19.2 Å². The van der Waals surface area contributed by atoms with E-state index in [0.29, 0.717) is 19.6 Å². The van der Waals surface area contributed by atoms with Gasteiger partial charge in [-0.25, -0.2) is 4.79 Å². The van der Waals surface area contributed by atoms with Crippen molar-refractivity contribution < 1.29 is 9.90 Å². The lowest BCUT2D eigenvalue weighted by Crippen LogP contribution is -2.42. The largest absolute Gasteiger partial charge is 0.395 e. The highest BCUT2D eigenvalue weighted by Crippen LogP contribution is 2.04. The molecule has 0 aliphatic carbocycles. The first-order valence-corrected chi connectivity index (χ1v) is 6.33. The van der Waals surface area contributed by atoms with Crippen molar-refractivity contribution in [3.05, 3.63) is 42.2 Å². The van der Waals surface area contributed by atoms with Crippen LogP contribution in [-0.4, -0.2) is 47.3 Å². The number of hydrogen-bond donors (Lipinski definition) is 2. The van der Waals surface area contributed by atoms with E-state index in [1.165, 1.54) is 10.5 Å². The van der Waals surface area contributed by atoms with Crippen molar-refractivity contribution in [1.29, 1.82) is 0 Å². The highest BCUT2D eigenvalue weighted by Gasteiger charge is 2.10. The zero-order valence-corrected chi connectivity index (χ0v) is 11.3. The van der Waals surface area contributed by atoms with E-state index in [1.54, 1.807) is 12.3 Å². The zero-order valence-electron chi connectivity index (χ0n) is 11.3. The number of urea groups is 1. The van der Waals surface area contributed by atoms with Gasteiger partial charge in [-0.2, -0.15) is 0 Å². The minimum atomic E-state index is -0.180. The number of nitrogens with zero attached hydrogens (tertiary/aromatic N) is 2. The predicted octanol–water partition coefficient (Wildman–Crippen LogP) is 1.12. The van der Waals surface area contributed by atoms with Gasteiger partial charge in [-0.15, -0.1) is 6.58 Å². The number of nitrogens with one attached hydrogen (secondary N) is 1. The van der Waals surface area contributed by atoms with Crippen LogP contribution >= 0.6 is 0 Å². The molecule has 0 atom stereocenters. The summed E-state index contributed by atoms with van der Waals surface area (Å²) >= 11 is 0. The number of aryl methyl sites for hydroxylation is 1. The van der Waals surface area contributed by atoms with Crippen LogP contribution < -0.4 is 5.32 Å². The molecule has 2 N–H and O–H groups in total. The molecule has 0 fully saturated rings. The van der Waals surface area contributed by atoms with Crippen molar-refractivity contribution in [2.24, 2.45) is 0 Å². The highest BCUT2D eigenvalue weighted by atomic mass is 16.3. The molecular weight excluding hydrogens is 242 g/mol. The van der Waals surface area contributed by atoms with Crippen molar-refractivity contribution in [2.75, 3.05) is 26.2 Å². The molecule has 5 nitrogen and oxygen atoms in total. The van der Waals surface area contributed by atoms with Crippen LogP contribution in [0.3, 0.4) is 0 Å². The third-order valence-corrected chi connectivity index (χ3v) is 2.81. The minimum absolute atomic E-state index is 0.0509. The van der Waals surface area contributed by atoms with Gasteiger partial charge >= 0.3 is 6.03 Å². The first-order chi connectivity index (χ1) is 9.19. The van der Waals surface area contributed by atoms with Crippen LogP contribution in [0.1, 0.15) is 11.1 Å². The van der Waals surface area contributed by atoms with Crippen molar-refractivity contribution >= 4 is 6.03 Å². The molecule has 2 amide bonds. The maximum atomic E-state index is 11.8. The Morgan fingerprint density at radius 1 is 1.63 bits per heavy atom. The molecular formula is C14H21N3O2. The number of carbonyl (C=O) groups excluding carboxylic acids is 1. The van der Waals surface area contributed by atoms with E-state index in [2.05, 4.69) is 16.9 Å². The summed E-state index contributed by atoms with van der Waals surface area (Å²) in [7, 11) is 0. The average Bonchev–Trinajstić information content (AvgIpc) is 2.40. The number of aliphatic hydroxyl groups excluding tert-OH is 1. The SMILES string of the molecule is C=CCN(CCO)C(=O)NCCc1ccncc1C. The van der Waals surface area contributed by atoms with Crippen LogP contribution in [0.5, 0.6) is 0 Å². The number of pyridine rings is 1. The Hall–Kier alpha value is -1.88. The Kier molecular flexibility index (Phi) is 6.60. The third-order valence-electron chi connectivity index (χ3n) is 2.81. The number of carbonyl (C=O) groups is 1. The molecule has 1 rings (SSSR count). The van der Waals surface area contributed by atoms with E-state index in [9.17, 15) is 4.79 Å². The Balaban J connectivity index is 2.41. The quantitative estimate of drug-likeness (QED) is 0.725. The summed E-state index contributed by atoms with van der Waals surface area (Å²) in [6, 6.07) is 1.78. The Morgan fingerprint density at radius 3 is 3.05 bits per heavy atom. The Labute approximate surface area is 114 Å². The fraction of sp³-hybridized carbons (Fsp3) is 0.429.